The van der Waals surface area contributed by atoms with E-state index in [2.05, 4.69) is 4.90 Å². The summed E-state index contributed by atoms with van der Waals surface area (Å²) in [5, 5.41) is 0.660. The summed E-state index contributed by atoms with van der Waals surface area (Å²) < 4.78 is 5.72. The largest absolute Gasteiger partial charge is 0.488 e. The fourth-order valence-electron chi connectivity index (χ4n) is 4.03. The molecule has 4 nitrogen and oxygen atoms in total. The lowest BCUT2D eigenvalue weighted by molar-refractivity contribution is -0.129. The number of hydrogen-bond donors (Lipinski definition) is 0. The Bertz CT molecular complexity index is 659. The van der Waals surface area contributed by atoms with Crippen LogP contribution in [0.3, 0.4) is 0 Å². The Morgan fingerprint density at radius 3 is 2.62 bits per heavy atom. The first-order valence-corrected chi connectivity index (χ1v) is 9.25. The highest BCUT2D eigenvalue weighted by Gasteiger charge is 2.29. The molecule has 2 heterocycles. The van der Waals surface area contributed by atoms with E-state index in [0.29, 0.717) is 11.6 Å². The summed E-state index contributed by atoms with van der Waals surface area (Å²) in [6.45, 7) is 3.96. The minimum Gasteiger partial charge on any atom is -0.488 e. The smallest absolute Gasteiger partial charge is 0.253 e. The number of nitrogens with zero attached hydrogens (tertiary/aromatic N) is 2. The SMILES string of the molecule is O=C(C1=Cc2cc(Cl)ccc2OC1)N1CCN(C2CCCC2)CC1. The first-order chi connectivity index (χ1) is 11.7. The molecule has 0 atom stereocenters. The van der Waals surface area contributed by atoms with Crippen molar-refractivity contribution in [1.82, 2.24) is 9.80 Å². The Morgan fingerprint density at radius 2 is 1.88 bits per heavy atom. The summed E-state index contributed by atoms with van der Waals surface area (Å²) in [5.41, 5.74) is 1.61. The van der Waals surface area contributed by atoms with E-state index in [1.807, 2.05) is 29.2 Å². The number of carbonyl (C=O) groups excluding carboxylic acids is 1. The monoisotopic (exact) mass is 346 g/mol. The van der Waals surface area contributed by atoms with Crippen LogP contribution in [0.1, 0.15) is 31.2 Å². The quantitative estimate of drug-likeness (QED) is 0.824. The Hall–Kier alpha value is -1.52. The van der Waals surface area contributed by atoms with Crippen molar-refractivity contribution in [2.45, 2.75) is 31.7 Å². The van der Waals surface area contributed by atoms with E-state index in [0.717, 1.165) is 49.1 Å². The van der Waals surface area contributed by atoms with E-state index < -0.39 is 0 Å². The van der Waals surface area contributed by atoms with Crippen LogP contribution in [-0.4, -0.2) is 54.5 Å². The number of halogens is 1. The number of piperazine rings is 1. The predicted molar refractivity (Wildman–Crippen MR) is 95.3 cm³/mol. The lowest BCUT2D eigenvalue weighted by atomic mass is 10.1. The highest BCUT2D eigenvalue weighted by atomic mass is 35.5. The zero-order chi connectivity index (χ0) is 16.5. The van der Waals surface area contributed by atoms with Crippen LogP contribution >= 0.6 is 11.6 Å². The van der Waals surface area contributed by atoms with Gasteiger partial charge in [0.2, 0.25) is 0 Å². The highest BCUT2D eigenvalue weighted by molar-refractivity contribution is 6.30. The minimum atomic E-state index is 0.103. The fraction of sp³-hybridized carbons (Fsp3) is 0.526. The molecule has 0 unspecified atom stereocenters. The van der Waals surface area contributed by atoms with Crippen LogP contribution in [0.2, 0.25) is 5.02 Å². The van der Waals surface area contributed by atoms with Crippen LogP contribution in [0.4, 0.5) is 0 Å². The molecule has 0 spiro atoms. The second-order valence-electron chi connectivity index (χ2n) is 6.91. The van der Waals surface area contributed by atoms with Gasteiger partial charge in [0.25, 0.3) is 5.91 Å². The molecule has 1 aliphatic carbocycles. The van der Waals surface area contributed by atoms with Gasteiger partial charge in [0.1, 0.15) is 12.4 Å². The topological polar surface area (TPSA) is 32.8 Å². The fourth-order valence-corrected chi connectivity index (χ4v) is 4.22. The summed E-state index contributed by atoms with van der Waals surface area (Å²) in [4.78, 5) is 17.3. The summed E-state index contributed by atoms with van der Waals surface area (Å²) in [6, 6.07) is 6.26. The summed E-state index contributed by atoms with van der Waals surface area (Å²) in [7, 11) is 0. The van der Waals surface area contributed by atoms with Gasteiger partial charge in [0.15, 0.2) is 0 Å². The summed E-state index contributed by atoms with van der Waals surface area (Å²) in [6.07, 6.45) is 7.29. The van der Waals surface area contributed by atoms with Crippen LogP contribution in [0.25, 0.3) is 6.08 Å². The molecule has 4 rings (SSSR count). The molecule has 1 amide bonds. The molecular formula is C19H23ClN2O2. The number of hydrogen-bond acceptors (Lipinski definition) is 3. The van der Waals surface area contributed by atoms with Gasteiger partial charge in [-0.25, -0.2) is 0 Å². The van der Waals surface area contributed by atoms with Gasteiger partial charge in [0, 0.05) is 42.8 Å². The van der Waals surface area contributed by atoms with E-state index >= 15 is 0 Å². The molecule has 0 N–H and O–H groups in total. The van der Waals surface area contributed by atoms with Crippen molar-refractivity contribution in [3.05, 3.63) is 34.4 Å². The Balaban J connectivity index is 1.41. The van der Waals surface area contributed by atoms with Crippen LogP contribution in [0.5, 0.6) is 5.75 Å². The van der Waals surface area contributed by atoms with Crippen LogP contribution in [-0.2, 0) is 4.79 Å². The van der Waals surface area contributed by atoms with Crippen LogP contribution in [0, 0.1) is 0 Å². The molecule has 1 aromatic rings. The third kappa shape index (κ3) is 3.17. The van der Waals surface area contributed by atoms with Crippen LogP contribution < -0.4 is 4.74 Å². The molecule has 2 aliphatic heterocycles. The van der Waals surface area contributed by atoms with Gasteiger partial charge in [0.05, 0.1) is 5.57 Å². The van der Waals surface area contributed by atoms with Crippen molar-refractivity contribution in [2.75, 3.05) is 32.8 Å². The number of benzene rings is 1. The molecule has 2 fully saturated rings. The zero-order valence-corrected chi connectivity index (χ0v) is 14.6. The van der Waals surface area contributed by atoms with Crippen molar-refractivity contribution < 1.29 is 9.53 Å². The molecular weight excluding hydrogens is 324 g/mol. The van der Waals surface area contributed by atoms with Crippen molar-refractivity contribution in [3.8, 4) is 5.75 Å². The summed E-state index contributed by atoms with van der Waals surface area (Å²) >= 11 is 6.05. The number of rotatable bonds is 2. The second-order valence-corrected chi connectivity index (χ2v) is 7.34. The Morgan fingerprint density at radius 1 is 1.12 bits per heavy atom. The molecule has 0 radical (unpaired) electrons. The standard InChI is InChI=1S/C19H23ClN2O2/c20-16-5-6-18-14(12-16)11-15(13-24-18)19(23)22-9-7-21(8-10-22)17-3-1-2-4-17/h5-6,11-12,17H,1-4,7-10,13H2. The Kier molecular flexibility index (Phi) is 4.51. The van der Waals surface area contributed by atoms with E-state index in [1.54, 1.807) is 0 Å². The van der Waals surface area contributed by atoms with Gasteiger partial charge in [-0.05, 0) is 37.1 Å². The number of ether oxygens (including phenoxy) is 1. The Labute approximate surface area is 148 Å². The van der Waals surface area contributed by atoms with Crippen LogP contribution in [0.15, 0.2) is 23.8 Å². The van der Waals surface area contributed by atoms with Gasteiger partial charge in [-0.1, -0.05) is 24.4 Å². The molecule has 1 saturated carbocycles. The molecule has 1 aromatic carbocycles. The van der Waals surface area contributed by atoms with Crippen molar-refractivity contribution in [2.24, 2.45) is 0 Å². The lowest BCUT2D eigenvalue weighted by Crippen LogP contribution is -2.52. The average molecular weight is 347 g/mol. The number of carbonyl (C=O) groups is 1. The maximum atomic E-state index is 12.8. The highest BCUT2D eigenvalue weighted by Crippen LogP contribution is 2.30. The van der Waals surface area contributed by atoms with Gasteiger partial charge in [-0.2, -0.15) is 0 Å². The van der Waals surface area contributed by atoms with Gasteiger partial charge < -0.3 is 9.64 Å². The first kappa shape index (κ1) is 16.0. The minimum absolute atomic E-state index is 0.103. The van der Waals surface area contributed by atoms with Crippen molar-refractivity contribution in [1.29, 1.82) is 0 Å². The number of amides is 1. The molecule has 128 valence electrons. The van der Waals surface area contributed by atoms with E-state index in [9.17, 15) is 4.79 Å². The molecule has 3 aliphatic rings. The van der Waals surface area contributed by atoms with Gasteiger partial charge >= 0.3 is 0 Å². The molecule has 0 aromatic heterocycles. The van der Waals surface area contributed by atoms with E-state index in [4.69, 9.17) is 16.3 Å². The summed E-state index contributed by atoms with van der Waals surface area (Å²) in [5.74, 6) is 0.897. The zero-order valence-electron chi connectivity index (χ0n) is 13.8. The van der Waals surface area contributed by atoms with Gasteiger partial charge in [-0.15, -0.1) is 0 Å². The molecule has 1 saturated heterocycles. The first-order valence-electron chi connectivity index (χ1n) is 8.87. The van der Waals surface area contributed by atoms with E-state index in [-0.39, 0.29) is 5.91 Å². The second kappa shape index (κ2) is 6.77. The normalized spacial score (nSPS) is 22.0. The molecule has 24 heavy (non-hydrogen) atoms. The maximum absolute atomic E-state index is 12.8. The molecule has 5 heteroatoms. The average Bonchev–Trinajstić information content (AvgIpc) is 3.15. The predicted octanol–water partition coefficient (Wildman–Crippen LogP) is 3.20. The maximum Gasteiger partial charge on any atom is 0.253 e. The third-order valence-corrected chi connectivity index (χ3v) is 5.64. The third-order valence-electron chi connectivity index (χ3n) is 5.40. The van der Waals surface area contributed by atoms with E-state index in [1.165, 1.54) is 25.7 Å². The lowest BCUT2D eigenvalue weighted by Gasteiger charge is -2.38. The van der Waals surface area contributed by atoms with Crippen molar-refractivity contribution >= 4 is 23.6 Å². The molecule has 0 bridgehead atoms. The van der Waals surface area contributed by atoms with Gasteiger partial charge in [-0.3, -0.25) is 9.69 Å². The number of fused-ring (bicyclic) bond motifs is 1. The van der Waals surface area contributed by atoms with Crippen molar-refractivity contribution in [3.63, 3.8) is 0 Å².